The summed E-state index contributed by atoms with van der Waals surface area (Å²) in [5.41, 5.74) is 1.66. The summed E-state index contributed by atoms with van der Waals surface area (Å²) in [5.74, 6) is 0.971. The zero-order valence-corrected chi connectivity index (χ0v) is 13.1. The second-order valence-corrected chi connectivity index (χ2v) is 5.59. The number of nitrogens with one attached hydrogen (secondary N) is 2. The lowest BCUT2D eigenvalue weighted by molar-refractivity contribution is 0.0951. The first kappa shape index (κ1) is 15.8. The van der Waals surface area contributed by atoms with E-state index in [9.17, 15) is 4.79 Å². The van der Waals surface area contributed by atoms with Crippen LogP contribution in [0.2, 0.25) is 0 Å². The van der Waals surface area contributed by atoms with Gasteiger partial charge < -0.3 is 15.4 Å². The average Bonchev–Trinajstić information content (AvgIpc) is 2.53. The standard InChI is InChI=1S/C17H26N2O2/c1-3-4-5-6-9-18-13(2)17(20)14-7-8-16-15(12-14)19-10-11-21-16/h7-8,12-13,18-19H,3-6,9-11H2,1-2H3. The van der Waals surface area contributed by atoms with Crippen molar-refractivity contribution in [1.29, 1.82) is 0 Å². The Bertz CT molecular complexity index is 474. The Morgan fingerprint density at radius 2 is 2.24 bits per heavy atom. The fourth-order valence-electron chi connectivity index (χ4n) is 2.51. The van der Waals surface area contributed by atoms with Crippen LogP contribution < -0.4 is 15.4 Å². The van der Waals surface area contributed by atoms with Crippen LogP contribution in [0.4, 0.5) is 5.69 Å². The first-order valence-electron chi connectivity index (χ1n) is 8.00. The van der Waals surface area contributed by atoms with Crippen molar-refractivity contribution in [3.8, 4) is 5.75 Å². The van der Waals surface area contributed by atoms with Gasteiger partial charge in [0.2, 0.25) is 0 Å². The summed E-state index contributed by atoms with van der Waals surface area (Å²) in [6.07, 6.45) is 4.86. The van der Waals surface area contributed by atoms with Gasteiger partial charge in [-0.2, -0.15) is 0 Å². The third kappa shape index (κ3) is 4.46. The SMILES string of the molecule is CCCCCCNC(C)C(=O)c1ccc2c(c1)NCCO2. The van der Waals surface area contributed by atoms with Crippen molar-refractivity contribution < 1.29 is 9.53 Å². The Hall–Kier alpha value is -1.55. The molecule has 1 atom stereocenters. The Kier molecular flexibility index (Phi) is 6.05. The molecule has 2 rings (SSSR count). The largest absolute Gasteiger partial charge is 0.490 e. The predicted molar refractivity (Wildman–Crippen MR) is 86.4 cm³/mol. The van der Waals surface area contributed by atoms with Gasteiger partial charge in [0.15, 0.2) is 5.78 Å². The molecule has 0 saturated heterocycles. The zero-order valence-electron chi connectivity index (χ0n) is 13.1. The summed E-state index contributed by atoms with van der Waals surface area (Å²) in [5, 5.41) is 6.58. The van der Waals surface area contributed by atoms with Crippen molar-refractivity contribution in [3.05, 3.63) is 23.8 Å². The van der Waals surface area contributed by atoms with E-state index < -0.39 is 0 Å². The molecule has 0 radical (unpaired) electrons. The van der Waals surface area contributed by atoms with Crippen LogP contribution in [-0.2, 0) is 0 Å². The molecular formula is C17H26N2O2. The summed E-state index contributed by atoms with van der Waals surface area (Å²) < 4.78 is 5.53. The van der Waals surface area contributed by atoms with Crippen molar-refractivity contribution in [3.63, 3.8) is 0 Å². The molecular weight excluding hydrogens is 264 g/mol. The van der Waals surface area contributed by atoms with E-state index in [2.05, 4.69) is 17.6 Å². The molecule has 21 heavy (non-hydrogen) atoms. The summed E-state index contributed by atoms with van der Waals surface area (Å²) in [4.78, 5) is 12.4. The van der Waals surface area contributed by atoms with Crippen molar-refractivity contribution in [1.82, 2.24) is 5.32 Å². The number of rotatable bonds is 8. The van der Waals surface area contributed by atoms with Crippen LogP contribution >= 0.6 is 0 Å². The number of hydrogen-bond acceptors (Lipinski definition) is 4. The molecule has 4 heteroatoms. The third-order valence-corrected chi connectivity index (χ3v) is 3.81. The van der Waals surface area contributed by atoms with Crippen LogP contribution in [0.15, 0.2) is 18.2 Å². The van der Waals surface area contributed by atoms with Crippen molar-refractivity contribution in [2.45, 2.75) is 45.6 Å². The Labute approximate surface area is 127 Å². The summed E-state index contributed by atoms with van der Waals surface area (Å²) in [6.45, 7) is 6.50. The maximum absolute atomic E-state index is 12.4. The number of ketones is 1. The summed E-state index contributed by atoms with van der Waals surface area (Å²) in [6, 6.07) is 5.48. The summed E-state index contributed by atoms with van der Waals surface area (Å²) in [7, 11) is 0. The molecule has 1 unspecified atom stereocenters. The molecule has 1 aliphatic heterocycles. The minimum atomic E-state index is -0.144. The van der Waals surface area contributed by atoms with Crippen LogP contribution in [0.3, 0.4) is 0 Å². The Morgan fingerprint density at radius 1 is 1.38 bits per heavy atom. The number of fused-ring (bicyclic) bond motifs is 1. The third-order valence-electron chi connectivity index (χ3n) is 3.81. The zero-order chi connectivity index (χ0) is 15.1. The van der Waals surface area contributed by atoms with E-state index in [0.717, 1.165) is 36.5 Å². The monoisotopic (exact) mass is 290 g/mol. The van der Waals surface area contributed by atoms with Crippen LogP contribution in [0, 0.1) is 0 Å². The molecule has 1 heterocycles. The fraction of sp³-hybridized carbons (Fsp3) is 0.588. The molecule has 0 bridgehead atoms. The van der Waals surface area contributed by atoms with Gasteiger partial charge in [-0.15, -0.1) is 0 Å². The molecule has 0 spiro atoms. The molecule has 1 aromatic rings. The van der Waals surface area contributed by atoms with E-state index in [-0.39, 0.29) is 11.8 Å². The van der Waals surface area contributed by atoms with E-state index >= 15 is 0 Å². The minimum Gasteiger partial charge on any atom is -0.490 e. The average molecular weight is 290 g/mol. The van der Waals surface area contributed by atoms with Gasteiger partial charge in [0.05, 0.1) is 11.7 Å². The van der Waals surface area contributed by atoms with Crippen molar-refractivity contribution >= 4 is 11.5 Å². The lowest BCUT2D eigenvalue weighted by Gasteiger charge is -2.20. The van der Waals surface area contributed by atoms with E-state index in [4.69, 9.17) is 4.74 Å². The molecule has 0 saturated carbocycles. The number of hydrogen-bond donors (Lipinski definition) is 2. The molecule has 1 aromatic carbocycles. The van der Waals surface area contributed by atoms with Gasteiger partial charge in [-0.1, -0.05) is 26.2 Å². The van der Waals surface area contributed by atoms with E-state index in [1.54, 1.807) is 0 Å². The lowest BCUT2D eigenvalue weighted by atomic mass is 10.0. The quantitative estimate of drug-likeness (QED) is 0.570. The highest BCUT2D eigenvalue weighted by Crippen LogP contribution is 2.28. The predicted octanol–water partition coefficient (Wildman–Crippen LogP) is 3.23. The van der Waals surface area contributed by atoms with E-state index in [1.807, 2.05) is 25.1 Å². The number of unbranched alkanes of at least 4 members (excludes halogenated alkanes) is 3. The lowest BCUT2D eigenvalue weighted by Crippen LogP contribution is -2.34. The van der Waals surface area contributed by atoms with Crippen LogP contribution in [0.25, 0.3) is 0 Å². The molecule has 116 valence electrons. The number of carbonyl (C=O) groups is 1. The highest BCUT2D eigenvalue weighted by atomic mass is 16.5. The van der Waals surface area contributed by atoms with Crippen molar-refractivity contribution in [2.24, 2.45) is 0 Å². The van der Waals surface area contributed by atoms with Crippen LogP contribution in [-0.4, -0.2) is 31.5 Å². The number of ether oxygens (including phenoxy) is 1. The molecule has 0 fully saturated rings. The van der Waals surface area contributed by atoms with Gasteiger partial charge in [-0.3, -0.25) is 4.79 Å². The van der Waals surface area contributed by atoms with Gasteiger partial charge >= 0.3 is 0 Å². The van der Waals surface area contributed by atoms with Crippen LogP contribution in [0.1, 0.15) is 49.9 Å². The first-order valence-corrected chi connectivity index (χ1v) is 8.00. The fourth-order valence-corrected chi connectivity index (χ4v) is 2.51. The molecule has 0 aliphatic carbocycles. The van der Waals surface area contributed by atoms with Gasteiger partial charge in [-0.25, -0.2) is 0 Å². The van der Waals surface area contributed by atoms with E-state index in [1.165, 1.54) is 19.3 Å². The molecule has 1 aliphatic rings. The topological polar surface area (TPSA) is 50.4 Å². The van der Waals surface area contributed by atoms with Gasteiger partial charge in [0.25, 0.3) is 0 Å². The second kappa shape index (κ2) is 8.03. The van der Waals surface area contributed by atoms with Gasteiger partial charge in [-0.05, 0) is 38.1 Å². The van der Waals surface area contributed by atoms with Gasteiger partial charge in [0.1, 0.15) is 12.4 Å². The molecule has 4 nitrogen and oxygen atoms in total. The highest BCUT2D eigenvalue weighted by molar-refractivity contribution is 6.01. The molecule has 0 aromatic heterocycles. The Morgan fingerprint density at radius 3 is 3.05 bits per heavy atom. The summed E-state index contributed by atoms with van der Waals surface area (Å²) >= 11 is 0. The Balaban J connectivity index is 1.87. The smallest absolute Gasteiger partial charge is 0.179 e. The first-order chi connectivity index (χ1) is 10.2. The maximum Gasteiger partial charge on any atom is 0.179 e. The molecule has 2 N–H and O–H groups in total. The van der Waals surface area contributed by atoms with E-state index in [0.29, 0.717) is 6.61 Å². The number of benzene rings is 1. The normalized spacial score (nSPS) is 14.8. The minimum absolute atomic E-state index is 0.140. The number of anilines is 1. The number of carbonyl (C=O) groups excluding carboxylic acids is 1. The van der Waals surface area contributed by atoms with Crippen LogP contribution in [0.5, 0.6) is 5.75 Å². The van der Waals surface area contributed by atoms with Gasteiger partial charge in [0, 0.05) is 12.1 Å². The van der Waals surface area contributed by atoms with Crippen molar-refractivity contribution in [2.75, 3.05) is 25.0 Å². The second-order valence-electron chi connectivity index (χ2n) is 5.59. The maximum atomic E-state index is 12.4. The molecule has 0 amide bonds. The highest BCUT2D eigenvalue weighted by Gasteiger charge is 2.17. The number of Topliss-reactive ketones (excluding diaryl/α,β-unsaturated/α-hetero) is 1.